The van der Waals surface area contributed by atoms with Crippen molar-refractivity contribution in [3.05, 3.63) is 0 Å². The Bertz CT molecular complexity index is 587. The van der Waals surface area contributed by atoms with Crippen molar-refractivity contribution in [1.29, 1.82) is 0 Å². The van der Waals surface area contributed by atoms with E-state index in [1.54, 1.807) is 0 Å². The quantitative estimate of drug-likeness (QED) is 0.743. The number of hydrogen-bond acceptors (Lipinski definition) is 3. The summed E-state index contributed by atoms with van der Waals surface area (Å²) in [5.41, 5.74) is 0.0157. The lowest BCUT2D eigenvalue weighted by molar-refractivity contribution is -0.149. The first-order chi connectivity index (χ1) is 11.5. The third kappa shape index (κ3) is 1.65. The van der Waals surface area contributed by atoms with E-state index in [-0.39, 0.29) is 23.4 Å². The summed E-state index contributed by atoms with van der Waals surface area (Å²) >= 11 is 0. The summed E-state index contributed by atoms with van der Waals surface area (Å²) in [6.45, 7) is 2.22. The van der Waals surface area contributed by atoms with Gasteiger partial charge in [0.15, 0.2) is 0 Å². The van der Waals surface area contributed by atoms with Gasteiger partial charge in [-0.1, -0.05) is 6.92 Å². The summed E-state index contributed by atoms with van der Waals surface area (Å²) in [5.74, 6) is 4.93. The highest BCUT2D eigenvalue weighted by molar-refractivity contribution is 5.86. The normalized spacial score (nSPS) is 59.2. The zero-order valence-corrected chi connectivity index (χ0v) is 14.6. The van der Waals surface area contributed by atoms with Crippen molar-refractivity contribution in [2.24, 2.45) is 52.8 Å². The minimum atomic E-state index is 0.0157. The van der Waals surface area contributed by atoms with Gasteiger partial charge >= 0.3 is 5.97 Å². The van der Waals surface area contributed by atoms with E-state index in [0.717, 1.165) is 24.2 Å². The smallest absolute Gasteiger partial charge is 0.309 e. The van der Waals surface area contributed by atoms with Gasteiger partial charge in [0.05, 0.1) is 5.92 Å². The van der Waals surface area contributed by atoms with Gasteiger partial charge in [-0.15, -0.1) is 0 Å². The van der Waals surface area contributed by atoms with E-state index in [0.29, 0.717) is 35.9 Å². The van der Waals surface area contributed by atoms with Crippen LogP contribution < -0.4 is 0 Å². The average Bonchev–Trinajstić information content (AvgIpc) is 3.10. The number of rotatable bonds is 3. The number of carbonyl (C=O) groups is 2. The van der Waals surface area contributed by atoms with Crippen LogP contribution in [-0.4, -0.2) is 17.9 Å². The van der Waals surface area contributed by atoms with Crippen molar-refractivity contribution in [3.63, 3.8) is 0 Å². The van der Waals surface area contributed by atoms with Gasteiger partial charge in [0.1, 0.15) is 11.9 Å². The van der Waals surface area contributed by atoms with Crippen LogP contribution in [0.25, 0.3) is 0 Å². The van der Waals surface area contributed by atoms with Crippen LogP contribution in [0.1, 0.15) is 58.3 Å². The third-order valence-electron chi connectivity index (χ3n) is 9.22. The molecule has 3 heteroatoms. The lowest BCUT2D eigenvalue weighted by Gasteiger charge is -2.56. The van der Waals surface area contributed by atoms with Crippen LogP contribution in [0, 0.1) is 52.8 Å². The molecule has 24 heavy (non-hydrogen) atoms. The minimum Gasteiger partial charge on any atom is -0.461 e. The topological polar surface area (TPSA) is 43.4 Å². The number of Topliss-reactive ketones (excluding diaryl/α,β-unsaturated/α-hetero) is 1. The molecule has 1 aliphatic heterocycles. The zero-order valence-electron chi connectivity index (χ0n) is 14.6. The van der Waals surface area contributed by atoms with Crippen LogP contribution in [0.15, 0.2) is 0 Å². The van der Waals surface area contributed by atoms with Crippen molar-refractivity contribution in [2.75, 3.05) is 0 Å². The molecule has 0 radical (unpaired) electrons. The Kier molecular flexibility index (Phi) is 2.66. The minimum absolute atomic E-state index is 0.0157. The van der Waals surface area contributed by atoms with Gasteiger partial charge in [-0.25, -0.2) is 0 Å². The monoisotopic (exact) mass is 328 g/mol. The lowest BCUT2D eigenvalue weighted by atomic mass is 9.48. The van der Waals surface area contributed by atoms with Crippen LogP contribution in [0.5, 0.6) is 0 Å². The molecular formula is C21H28O3. The first-order valence-corrected chi connectivity index (χ1v) is 10.3. The van der Waals surface area contributed by atoms with Gasteiger partial charge < -0.3 is 4.74 Å². The lowest BCUT2D eigenvalue weighted by Crippen LogP contribution is -2.50. The molecule has 0 amide bonds. The summed E-state index contributed by atoms with van der Waals surface area (Å²) in [4.78, 5) is 25.6. The van der Waals surface area contributed by atoms with Crippen molar-refractivity contribution in [2.45, 2.75) is 64.4 Å². The van der Waals surface area contributed by atoms with Crippen LogP contribution >= 0.6 is 0 Å². The molecule has 7 aliphatic rings. The highest BCUT2D eigenvalue weighted by atomic mass is 16.6. The van der Waals surface area contributed by atoms with E-state index < -0.39 is 0 Å². The molecule has 7 fully saturated rings. The molecular weight excluding hydrogens is 300 g/mol. The van der Waals surface area contributed by atoms with E-state index in [2.05, 4.69) is 6.92 Å². The number of hydrogen-bond donors (Lipinski definition) is 0. The van der Waals surface area contributed by atoms with Gasteiger partial charge in [0.25, 0.3) is 0 Å². The second kappa shape index (κ2) is 4.45. The van der Waals surface area contributed by atoms with E-state index in [4.69, 9.17) is 4.74 Å². The number of fused-ring (bicyclic) bond motifs is 1. The van der Waals surface area contributed by atoms with E-state index in [1.165, 1.54) is 38.5 Å². The number of carbonyl (C=O) groups excluding carboxylic acids is 2. The fraction of sp³-hybridized carbons (Fsp3) is 0.905. The van der Waals surface area contributed by atoms with Crippen LogP contribution in [0.3, 0.4) is 0 Å². The number of esters is 1. The molecule has 0 aromatic heterocycles. The Morgan fingerprint density at radius 1 is 1.04 bits per heavy atom. The molecule has 130 valence electrons. The molecule has 0 N–H and O–H groups in total. The second-order valence-corrected chi connectivity index (χ2v) is 10.3. The number of ether oxygens (including phenoxy) is 1. The van der Waals surface area contributed by atoms with Gasteiger partial charge in [-0.05, 0) is 74.5 Å². The molecule has 0 spiro atoms. The molecule has 1 saturated heterocycles. The highest BCUT2D eigenvalue weighted by Crippen LogP contribution is 2.64. The van der Waals surface area contributed by atoms with Crippen molar-refractivity contribution >= 4 is 11.8 Å². The molecule has 6 aliphatic carbocycles. The molecule has 3 nitrogen and oxygen atoms in total. The highest BCUT2D eigenvalue weighted by Gasteiger charge is 2.66. The molecule has 5 unspecified atom stereocenters. The Labute approximate surface area is 143 Å². The summed E-state index contributed by atoms with van der Waals surface area (Å²) in [6.07, 6.45) is 9.56. The van der Waals surface area contributed by atoms with Crippen molar-refractivity contribution in [1.82, 2.24) is 0 Å². The maximum absolute atomic E-state index is 13.5. The predicted octanol–water partition coefficient (Wildman–Crippen LogP) is 3.61. The van der Waals surface area contributed by atoms with Gasteiger partial charge in [-0.2, -0.15) is 0 Å². The molecule has 7 rings (SSSR count). The molecule has 0 aromatic rings. The van der Waals surface area contributed by atoms with E-state index in [9.17, 15) is 9.59 Å². The Morgan fingerprint density at radius 3 is 2.29 bits per heavy atom. The van der Waals surface area contributed by atoms with Crippen molar-refractivity contribution < 1.29 is 14.3 Å². The summed E-state index contributed by atoms with van der Waals surface area (Å²) in [6, 6.07) is 0. The Balaban J connectivity index is 1.26. The van der Waals surface area contributed by atoms with Gasteiger partial charge in [0.2, 0.25) is 0 Å². The molecule has 6 saturated carbocycles. The van der Waals surface area contributed by atoms with Crippen LogP contribution in [-0.2, 0) is 14.3 Å². The average molecular weight is 328 g/mol. The molecule has 6 atom stereocenters. The van der Waals surface area contributed by atoms with Crippen LogP contribution in [0.2, 0.25) is 0 Å². The predicted molar refractivity (Wildman–Crippen MR) is 87.9 cm³/mol. The standard InChI is InChI=1S/C21H28O3/c1-10-14-5-16-18(10)20(23)24-19(16)15(14)6-17(22)21-7-11-2-12(8-21)4-13(3-11)9-21/h10-16,18-19H,2-9H2,1H3/t10-,11?,12?,13?,14?,15?,16?,18?,19?,21?/m1/s1. The molecule has 0 aromatic carbocycles. The Hall–Kier alpha value is -0.860. The largest absolute Gasteiger partial charge is 0.461 e. The maximum atomic E-state index is 13.5. The zero-order chi connectivity index (χ0) is 16.2. The van der Waals surface area contributed by atoms with E-state index in [1.807, 2.05) is 0 Å². The fourth-order valence-corrected chi connectivity index (χ4v) is 8.72. The summed E-state index contributed by atoms with van der Waals surface area (Å²) < 4.78 is 5.75. The first kappa shape index (κ1) is 14.3. The first-order valence-electron chi connectivity index (χ1n) is 10.3. The Morgan fingerprint density at radius 2 is 1.67 bits per heavy atom. The fourth-order valence-electron chi connectivity index (χ4n) is 8.72. The summed E-state index contributed by atoms with van der Waals surface area (Å²) in [7, 11) is 0. The molecule has 1 heterocycles. The van der Waals surface area contributed by atoms with Gasteiger partial charge in [0, 0.05) is 23.7 Å². The summed E-state index contributed by atoms with van der Waals surface area (Å²) in [5, 5.41) is 0. The second-order valence-electron chi connectivity index (χ2n) is 10.3. The van der Waals surface area contributed by atoms with E-state index >= 15 is 0 Å². The third-order valence-corrected chi connectivity index (χ3v) is 9.22. The van der Waals surface area contributed by atoms with Crippen LogP contribution in [0.4, 0.5) is 0 Å². The SMILES string of the molecule is C[C@@H]1C2CC3C(OC(=O)C31)C2CC(=O)C12CC3CC(CC(C3)C1)C2. The number of ketones is 1. The molecule has 6 bridgehead atoms. The van der Waals surface area contributed by atoms with Gasteiger partial charge in [-0.3, -0.25) is 9.59 Å². The maximum Gasteiger partial charge on any atom is 0.309 e. The van der Waals surface area contributed by atoms with Crippen molar-refractivity contribution in [3.8, 4) is 0 Å².